The number of rotatable bonds is 4. The molecule has 0 saturated carbocycles. The Labute approximate surface area is 159 Å². The van der Waals surface area contributed by atoms with Crippen molar-refractivity contribution < 1.29 is 23.1 Å². The van der Waals surface area contributed by atoms with E-state index in [9.17, 15) is 27.9 Å². The molecular formula is C15H11F3N6O3S. The largest absolute Gasteiger partial charge is 0.493 e. The van der Waals surface area contributed by atoms with Gasteiger partial charge in [0.2, 0.25) is 5.88 Å². The molecule has 0 unspecified atom stereocenters. The van der Waals surface area contributed by atoms with Crippen LogP contribution in [0.15, 0.2) is 33.4 Å². The molecular weight excluding hydrogens is 401 g/mol. The number of aromatic hydroxyl groups is 1. The normalized spacial score (nSPS) is 13.5. The van der Waals surface area contributed by atoms with E-state index >= 15 is 0 Å². The van der Waals surface area contributed by atoms with Gasteiger partial charge in [0, 0.05) is 17.5 Å². The van der Waals surface area contributed by atoms with Crippen LogP contribution in [-0.2, 0) is 11.9 Å². The highest BCUT2D eigenvalue weighted by Crippen LogP contribution is 2.36. The second-order valence-electron chi connectivity index (χ2n) is 5.45. The van der Waals surface area contributed by atoms with Crippen molar-refractivity contribution in [2.45, 2.75) is 11.9 Å². The van der Waals surface area contributed by atoms with Gasteiger partial charge in [0.25, 0.3) is 11.5 Å². The van der Waals surface area contributed by atoms with Gasteiger partial charge in [-0.05, 0) is 12.1 Å². The third-order valence-corrected chi connectivity index (χ3v) is 3.89. The zero-order valence-corrected chi connectivity index (χ0v) is 14.7. The van der Waals surface area contributed by atoms with Crippen LogP contribution in [0.25, 0.3) is 5.70 Å². The quantitative estimate of drug-likeness (QED) is 0.573. The van der Waals surface area contributed by atoms with E-state index in [4.69, 9.17) is 0 Å². The minimum absolute atomic E-state index is 0.0140. The first-order valence-electron chi connectivity index (χ1n) is 7.60. The van der Waals surface area contributed by atoms with E-state index in [1.165, 1.54) is 6.08 Å². The molecule has 1 aliphatic rings. The van der Waals surface area contributed by atoms with Crippen LogP contribution in [0.3, 0.4) is 0 Å². The minimum atomic E-state index is -4.86. The molecule has 0 atom stereocenters. The maximum atomic E-state index is 13.4. The van der Waals surface area contributed by atoms with Crippen LogP contribution in [0.1, 0.15) is 27.3 Å². The lowest BCUT2D eigenvalue weighted by molar-refractivity contribution is -0.137. The Kier molecular flexibility index (Phi) is 5.18. The first-order chi connectivity index (χ1) is 13.2. The van der Waals surface area contributed by atoms with Gasteiger partial charge in [0.1, 0.15) is 11.6 Å². The monoisotopic (exact) mass is 412 g/mol. The summed E-state index contributed by atoms with van der Waals surface area (Å²) in [5.41, 5.74) is -2.85. The van der Waals surface area contributed by atoms with Gasteiger partial charge < -0.3 is 15.4 Å². The zero-order valence-electron chi connectivity index (χ0n) is 13.8. The first-order valence-corrected chi connectivity index (χ1v) is 8.23. The number of halogens is 3. The van der Waals surface area contributed by atoms with Crippen LogP contribution in [0.5, 0.6) is 5.88 Å². The number of hydrogen-bond donors (Lipinski definition) is 4. The fourth-order valence-corrected chi connectivity index (χ4v) is 2.49. The zero-order chi connectivity index (χ0) is 20.5. The number of thiol groups is 1. The number of carbonyl (C=O) groups is 1. The number of aromatic nitrogens is 3. The Morgan fingerprint density at radius 1 is 1.39 bits per heavy atom. The first kappa shape index (κ1) is 19.5. The summed E-state index contributed by atoms with van der Waals surface area (Å²) in [4.78, 5) is 33.6. The summed E-state index contributed by atoms with van der Waals surface area (Å²) in [6.45, 7) is 0.243. The molecule has 3 N–H and O–H groups in total. The molecule has 1 aliphatic heterocycles. The van der Waals surface area contributed by atoms with Crippen molar-refractivity contribution in [2.75, 3.05) is 11.9 Å². The smallest absolute Gasteiger partial charge is 0.419 e. The summed E-state index contributed by atoms with van der Waals surface area (Å²) >= 11 is 3.86. The van der Waals surface area contributed by atoms with Gasteiger partial charge >= 0.3 is 6.18 Å². The van der Waals surface area contributed by atoms with Gasteiger partial charge in [-0.1, -0.05) is 0 Å². The van der Waals surface area contributed by atoms with E-state index in [1.807, 2.05) is 5.32 Å². The van der Waals surface area contributed by atoms with Crippen molar-refractivity contribution in [2.24, 2.45) is 10.2 Å². The lowest BCUT2D eigenvalue weighted by atomic mass is 10.1. The number of azo groups is 1. The number of carbonyl (C=O) groups excluding carboxylic acids is 1. The van der Waals surface area contributed by atoms with E-state index < -0.39 is 40.5 Å². The molecule has 0 saturated heterocycles. The van der Waals surface area contributed by atoms with Crippen molar-refractivity contribution in [3.63, 3.8) is 0 Å². The average Bonchev–Trinajstić information content (AvgIpc) is 3.15. The van der Waals surface area contributed by atoms with Crippen LogP contribution in [0.2, 0.25) is 0 Å². The molecule has 0 aromatic carbocycles. The number of amides is 1. The summed E-state index contributed by atoms with van der Waals surface area (Å²) in [5, 5.41) is 19.0. The van der Waals surface area contributed by atoms with Gasteiger partial charge in [-0.15, -0.1) is 0 Å². The molecule has 2 aromatic heterocycles. The van der Waals surface area contributed by atoms with Crippen molar-refractivity contribution in [3.05, 3.63) is 51.2 Å². The number of H-pyrrole nitrogens is 1. The molecule has 0 radical (unpaired) electrons. The van der Waals surface area contributed by atoms with Crippen LogP contribution < -0.4 is 10.9 Å². The molecule has 28 heavy (non-hydrogen) atoms. The van der Waals surface area contributed by atoms with Crippen molar-refractivity contribution >= 4 is 30.1 Å². The molecule has 9 nitrogen and oxygen atoms in total. The molecule has 0 aliphatic carbocycles. The summed E-state index contributed by atoms with van der Waals surface area (Å²) in [6, 6.07) is 0.755. The van der Waals surface area contributed by atoms with Gasteiger partial charge in [0.15, 0.2) is 5.56 Å². The lowest BCUT2D eigenvalue weighted by Crippen LogP contribution is -2.26. The molecule has 0 bridgehead atoms. The highest BCUT2D eigenvalue weighted by atomic mass is 32.1. The number of anilines is 1. The maximum Gasteiger partial charge on any atom is 0.419 e. The highest BCUT2D eigenvalue weighted by molar-refractivity contribution is 7.79. The van der Waals surface area contributed by atoms with Crippen LogP contribution >= 0.6 is 12.6 Å². The number of nitrogens with zero attached hydrogens (tertiary/aromatic N) is 4. The minimum Gasteiger partial charge on any atom is -0.493 e. The number of pyridine rings is 1. The highest BCUT2D eigenvalue weighted by Gasteiger charge is 2.36. The van der Waals surface area contributed by atoms with E-state index in [0.717, 1.165) is 12.3 Å². The Bertz CT molecular complexity index is 1060. The Hall–Kier alpha value is -3.22. The summed E-state index contributed by atoms with van der Waals surface area (Å²) < 4.78 is 40.3. The fraction of sp³-hybridized carbons (Fsp3) is 0.200. The molecule has 146 valence electrons. The fourth-order valence-electron chi connectivity index (χ4n) is 2.34. The van der Waals surface area contributed by atoms with Gasteiger partial charge in [-0.25, -0.2) is 4.98 Å². The second-order valence-corrected chi connectivity index (χ2v) is 5.77. The van der Waals surface area contributed by atoms with Gasteiger partial charge in [-0.3, -0.25) is 9.59 Å². The summed E-state index contributed by atoms with van der Waals surface area (Å²) in [7, 11) is 0. The lowest BCUT2D eigenvalue weighted by Gasteiger charge is -2.14. The Balaban J connectivity index is 1.99. The topological polar surface area (TPSA) is 133 Å². The molecule has 3 rings (SSSR count). The number of hydrogen-bond acceptors (Lipinski definition) is 8. The van der Waals surface area contributed by atoms with Crippen molar-refractivity contribution in [1.82, 2.24) is 15.0 Å². The molecule has 1 amide bonds. The van der Waals surface area contributed by atoms with E-state index in [2.05, 4.69) is 37.8 Å². The number of alkyl halides is 3. The maximum absolute atomic E-state index is 13.4. The number of nitrogens with one attached hydrogen (secondary N) is 2. The molecule has 0 spiro atoms. The summed E-state index contributed by atoms with van der Waals surface area (Å²) in [6.07, 6.45) is -2.26. The molecule has 3 heterocycles. The third kappa shape index (κ3) is 3.88. The second kappa shape index (κ2) is 7.42. The average molecular weight is 412 g/mol. The van der Waals surface area contributed by atoms with Crippen LogP contribution in [0.4, 0.5) is 19.0 Å². The van der Waals surface area contributed by atoms with Gasteiger partial charge in [-0.2, -0.15) is 41.0 Å². The van der Waals surface area contributed by atoms with E-state index in [0.29, 0.717) is 0 Å². The Morgan fingerprint density at radius 2 is 2.14 bits per heavy atom. The molecule has 13 heteroatoms. The SMILES string of the molecule is O=C(Nc1ncc(C2=CCN=N2)cc1C(F)(F)F)c1c(O)nc(CS)[nH]c1=O. The van der Waals surface area contributed by atoms with Crippen LogP contribution in [-0.4, -0.2) is 32.5 Å². The van der Waals surface area contributed by atoms with E-state index in [-0.39, 0.29) is 29.4 Å². The van der Waals surface area contributed by atoms with Crippen LogP contribution in [0, 0.1) is 0 Å². The molecule has 0 fully saturated rings. The predicted molar refractivity (Wildman–Crippen MR) is 94.1 cm³/mol. The van der Waals surface area contributed by atoms with Crippen molar-refractivity contribution in [3.8, 4) is 5.88 Å². The summed E-state index contributed by atoms with van der Waals surface area (Å²) in [5.74, 6) is -3.12. The molecule has 2 aromatic rings. The van der Waals surface area contributed by atoms with Crippen molar-refractivity contribution in [1.29, 1.82) is 0 Å². The third-order valence-electron chi connectivity index (χ3n) is 3.59. The van der Waals surface area contributed by atoms with Gasteiger partial charge in [0.05, 0.1) is 17.8 Å². The predicted octanol–water partition coefficient (Wildman–Crippen LogP) is 2.38. The standard InChI is InChI=1S/C15H11F3N6O3S/c16-15(17,18)7-3-6(8-1-2-20-24-8)4-19-11(7)23-14(27)10-12(25)21-9(5-28)22-13(10)26/h1,3-4,28H,2,5H2,(H,19,23,27)(H2,21,22,25,26). The van der Waals surface area contributed by atoms with E-state index in [1.54, 1.807) is 0 Å². The Morgan fingerprint density at radius 3 is 2.71 bits per heavy atom. The number of aromatic amines is 1.